The van der Waals surface area contributed by atoms with Crippen molar-refractivity contribution >= 4 is 15.9 Å². The molecule has 0 aliphatic heterocycles. The van der Waals surface area contributed by atoms with Gasteiger partial charge in [0.1, 0.15) is 0 Å². The third-order valence-electron chi connectivity index (χ3n) is 1.47. The van der Waals surface area contributed by atoms with Gasteiger partial charge in [0, 0.05) is 4.47 Å². The van der Waals surface area contributed by atoms with E-state index in [1.165, 1.54) is 11.1 Å². The highest BCUT2D eigenvalue weighted by Crippen LogP contribution is 2.14. The molecular weight excluding hydrogens is 224 g/mol. The van der Waals surface area contributed by atoms with Crippen LogP contribution in [0.25, 0.3) is 0 Å². The van der Waals surface area contributed by atoms with E-state index in [4.69, 9.17) is 0 Å². The van der Waals surface area contributed by atoms with Gasteiger partial charge in [-0.25, -0.2) is 0 Å². The van der Waals surface area contributed by atoms with Gasteiger partial charge in [0.2, 0.25) is 0 Å². The second kappa shape index (κ2) is 9.79. The Kier molecular flexibility index (Phi) is 11.4. The number of halogens is 1. The smallest absolute Gasteiger partial charge is 0.0178 e. The first-order chi connectivity index (χ1) is 6.20. The van der Waals surface area contributed by atoms with Crippen molar-refractivity contribution in [1.82, 2.24) is 0 Å². The lowest BCUT2D eigenvalue weighted by molar-refractivity contribution is 1.33. The summed E-state index contributed by atoms with van der Waals surface area (Å²) in [5.74, 6) is 0. The van der Waals surface area contributed by atoms with E-state index in [0.717, 1.165) is 4.47 Å². The molecule has 1 aromatic rings. The lowest BCUT2D eigenvalue weighted by atomic mass is 10.1. The molecule has 1 heteroatoms. The van der Waals surface area contributed by atoms with Gasteiger partial charge >= 0.3 is 0 Å². The maximum atomic E-state index is 3.40. The van der Waals surface area contributed by atoms with Crippen LogP contribution in [0.4, 0.5) is 0 Å². The number of rotatable bonds is 0. The molecule has 76 valence electrons. The Morgan fingerprint density at radius 2 is 1.31 bits per heavy atom. The number of hydrogen-bond donors (Lipinski definition) is 0. The average Bonchev–Trinajstić information content (AvgIpc) is 2.18. The van der Waals surface area contributed by atoms with E-state index < -0.39 is 0 Å². The summed E-state index contributed by atoms with van der Waals surface area (Å²) in [4.78, 5) is 0. The normalized spacial score (nSPS) is 7.62. The van der Waals surface area contributed by atoms with Crippen LogP contribution in [0.2, 0.25) is 0 Å². The maximum Gasteiger partial charge on any atom is 0.0178 e. The second-order valence-corrected chi connectivity index (χ2v) is 3.14. The SMILES string of the molecule is CC.CC.Cc1ccc(Br)cc1C. The van der Waals surface area contributed by atoms with E-state index in [-0.39, 0.29) is 0 Å². The van der Waals surface area contributed by atoms with Crippen molar-refractivity contribution < 1.29 is 0 Å². The van der Waals surface area contributed by atoms with E-state index in [1.807, 2.05) is 27.7 Å². The van der Waals surface area contributed by atoms with Gasteiger partial charge in [-0.15, -0.1) is 0 Å². The van der Waals surface area contributed by atoms with Crippen LogP contribution in [0.3, 0.4) is 0 Å². The fourth-order valence-electron chi connectivity index (χ4n) is 0.705. The van der Waals surface area contributed by atoms with E-state index in [9.17, 15) is 0 Å². The van der Waals surface area contributed by atoms with Crippen molar-refractivity contribution in [2.75, 3.05) is 0 Å². The van der Waals surface area contributed by atoms with Crippen LogP contribution < -0.4 is 0 Å². The van der Waals surface area contributed by atoms with Crippen molar-refractivity contribution in [2.45, 2.75) is 41.5 Å². The average molecular weight is 245 g/mol. The first-order valence-corrected chi connectivity index (χ1v) is 5.72. The summed E-state index contributed by atoms with van der Waals surface area (Å²) >= 11 is 3.40. The largest absolute Gasteiger partial charge is 0.0683 e. The summed E-state index contributed by atoms with van der Waals surface area (Å²) in [5.41, 5.74) is 2.68. The molecule has 0 saturated carbocycles. The molecule has 0 N–H and O–H groups in total. The molecule has 0 aliphatic rings. The lowest BCUT2D eigenvalue weighted by Gasteiger charge is -1.97. The Morgan fingerprint density at radius 3 is 1.62 bits per heavy atom. The van der Waals surface area contributed by atoms with E-state index in [1.54, 1.807) is 0 Å². The molecule has 0 spiro atoms. The van der Waals surface area contributed by atoms with Crippen LogP contribution in [-0.2, 0) is 0 Å². The first kappa shape index (κ1) is 15.2. The highest BCUT2D eigenvalue weighted by molar-refractivity contribution is 9.10. The standard InChI is InChI=1S/C8H9Br.2C2H6/c1-6-3-4-8(9)5-7(6)2;2*1-2/h3-5H,1-2H3;2*1-2H3. The number of aryl methyl sites for hydroxylation is 2. The van der Waals surface area contributed by atoms with Gasteiger partial charge in [-0.05, 0) is 37.1 Å². The fraction of sp³-hybridized carbons (Fsp3) is 0.500. The van der Waals surface area contributed by atoms with Gasteiger partial charge in [-0.3, -0.25) is 0 Å². The van der Waals surface area contributed by atoms with Crippen LogP contribution in [0.1, 0.15) is 38.8 Å². The zero-order valence-corrected chi connectivity index (χ0v) is 11.2. The molecule has 0 aliphatic carbocycles. The first-order valence-electron chi connectivity index (χ1n) is 4.93. The summed E-state index contributed by atoms with van der Waals surface area (Å²) in [6, 6.07) is 6.29. The molecule has 0 aromatic heterocycles. The number of hydrogen-bond acceptors (Lipinski definition) is 0. The molecule has 0 atom stereocenters. The van der Waals surface area contributed by atoms with Crippen LogP contribution >= 0.6 is 15.9 Å². The molecule has 1 aromatic carbocycles. The molecule has 0 radical (unpaired) electrons. The van der Waals surface area contributed by atoms with Crippen LogP contribution in [0.15, 0.2) is 22.7 Å². The zero-order chi connectivity index (χ0) is 10.9. The molecule has 0 saturated heterocycles. The molecular formula is C12H21Br. The lowest BCUT2D eigenvalue weighted by Crippen LogP contribution is -1.77. The molecule has 0 fully saturated rings. The summed E-state index contributed by atoms with van der Waals surface area (Å²) in [6.07, 6.45) is 0. The minimum Gasteiger partial charge on any atom is -0.0683 e. The molecule has 0 amide bonds. The van der Waals surface area contributed by atoms with Crippen molar-refractivity contribution in [3.8, 4) is 0 Å². The van der Waals surface area contributed by atoms with Crippen LogP contribution in [-0.4, -0.2) is 0 Å². The van der Waals surface area contributed by atoms with Crippen LogP contribution in [0, 0.1) is 13.8 Å². The fourth-order valence-corrected chi connectivity index (χ4v) is 1.18. The summed E-state index contributed by atoms with van der Waals surface area (Å²) in [6.45, 7) is 12.2. The Hall–Kier alpha value is -0.300. The zero-order valence-electron chi connectivity index (χ0n) is 9.61. The minimum atomic E-state index is 1.16. The summed E-state index contributed by atoms with van der Waals surface area (Å²) in [5, 5.41) is 0. The maximum absolute atomic E-state index is 3.40. The predicted molar refractivity (Wildman–Crippen MR) is 66.3 cm³/mol. The Balaban J connectivity index is 0. The van der Waals surface area contributed by atoms with Gasteiger partial charge in [0.25, 0.3) is 0 Å². The van der Waals surface area contributed by atoms with E-state index in [2.05, 4.69) is 48.0 Å². The second-order valence-electron chi connectivity index (χ2n) is 2.23. The topological polar surface area (TPSA) is 0 Å². The molecule has 0 bridgehead atoms. The van der Waals surface area contributed by atoms with Crippen LogP contribution in [0.5, 0.6) is 0 Å². The monoisotopic (exact) mass is 244 g/mol. The third kappa shape index (κ3) is 6.83. The van der Waals surface area contributed by atoms with Crippen molar-refractivity contribution in [2.24, 2.45) is 0 Å². The van der Waals surface area contributed by atoms with Gasteiger partial charge in [0.15, 0.2) is 0 Å². The van der Waals surface area contributed by atoms with Gasteiger partial charge in [-0.1, -0.05) is 49.7 Å². The van der Waals surface area contributed by atoms with Gasteiger partial charge in [-0.2, -0.15) is 0 Å². The van der Waals surface area contributed by atoms with Gasteiger partial charge < -0.3 is 0 Å². The van der Waals surface area contributed by atoms with E-state index in [0.29, 0.717) is 0 Å². The molecule has 1 rings (SSSR count). The van der Waals surface area contributed by atoms with Crippen molar-refractivity contribution in [1.29, 1.82) is 0 Å². The summed E-state index contributed by atoms with van der Waals surface area (Å²) < 4.78 is 1.16. The minimum absolute atomic E-state index is 1.16. The highest BCUT2D eigenvalue weighted by Gasteiger charge is 1.90. The highest BCUT2D eigenvalue weighted by atomic mass is 79.9. The molecule has 0 nitrogen and oxygen atoms in total. The van der Waals surface area contributed by atoms with Crippen molar-refractivity contribution in [3.63, 3.8) is 0 Å². The number of benzene rings is 1. The molecule has 13 heavy (non-hydrogen) atoms. The molecule has 0 unspecified atom stereocenters. The summed E-state index contributed by atoms with van der Waals surface area (Å²) in [7, 11) is 0. The predicted octanol–water partition coefficient (Wildman–Crippen LogP) is 5.12. The Labute approximate surface area is 91.5 Å². The molecule has 0 heterocycles. The Bertz CT molecular complexity index is 216. The third-order valence-corrected chi connectivity index (χ3v) is 1.96. The Morgan fingerprint density at radius 1 is 0.846 bits per heavy atom. The van der Waals surface area contributed by atoms with Gasteiger partial charge in [0.05, 0.1) is 0 Å². The van der Waals surface area contributed by atoms with E-state index >= 15 is 0 Å². The van der Waals surface area contributed by atoms with Crippen molar-refractivity contribution in [3.05, 3.63) is 33.8 Å². The quantitative estimate of drug-likeness (QED) is 0.595.